The molecular formula is C15H10F3N3O3. The van der Waals surface area contributed by atoms with Crippen LogP contribution in [0, 0.1) is 11.3 Å². The molecule has 0 aromatic heterocycles. The van der Waals surface area contributed by atoms with Crippen LogP contribution in [0.1, 0.15) is 39.9 Å². The van der Waals surface area contributed by atoms with Crippen molar-refractivity contribution in [1.29, 1.82) is 5.26 Å². The van der Waals surface area contributed by atoms with Gasteiger partial charge in [-0.15, -0.1) is 0 Å². The van der Waals surface area contributed by atoms with Gasteiger partial charge in [0.1, 0.15) is 6.04 Å². The number of hydrogen-bond donors (Lipinski definition) is 1. The van der Waals surface area contributed by atoms with Gasteiger partial charge in [0.15, 0.2) is 0 Å². The number of halogens is 3. The number of amides is 3. The predicted octanol–water partition coefficient (Wildman–Crippen LogP) is 1.34. The van der Waals surface area contributed by atoms with Crippen LogP contribution in [-0.4, -0.2) is 28.7 Å². The Morgan fingerprint density at radius 1 is 1.25 bits per heavy atom. The SMILES string of the molecule is N#Cc1cc(C(F)(F)F)cc2c1CN(C1CCC(=O)NC1=O)C2=O. The third-order valence-corrected chi connectivity index (χ3v) is 4.10. The second kappa shape index (κ2) is 5.33. The van der Waals surface area contributed by atoms with Crippen LogP contribution in [0.25, 0.3) is 0 Å². The number of benzene rings is 1. The van der Waals surface area contributed by atoms with Crippen LogP contribution < -0.4 is 5.32 Å². The summed E-state index contributed by atoms with van der Waals surface area (Å²) in [5.41, 5.74) is -1.40. The Balaban J connectivity index is 2.00. The zero-order chi connectivity index (χ0) is 17.6. The van der Waals surface area contributed by atoms with Crippen LogP contribution in [0.4, 0.5) is 13.2 Å². The highest BCUT2D eigenvalue weighted by molar-refractivity contribution is 6.05. The summed E-state index contributed by atoms with van der Waals surface area (Å²) >= 11 is 0. The molecule has 0 aliphatic carbocycles. The number of imide groups is 1. The lowest BCUT2D eigenvalue weighted by Gasteiger charge is -2.29. The first kappa shape index (κ1) is 16.0. The molecule has 124 valence electrons. The van der Waals surface area contributed by atoms with Crippen LogP contribution in [-0.2, 0) is 22.3 Å². The second-order valence-electron chi connectivity index (χ2n) is 5.56. The Kier molecular flexibility index (Phi) is 3.55. The van der Waals surface area contributed by atoms with Crippen molar-refractivity contribution in [3.05, 3.63) is 34.4 Å². The molecule has 3 amide bonds. The van der Waals surface area contributed by atoms with E-state index in [9.17, 15) is 27.6 Å². The highest BCUT2D eigenvalue weighted by Gasteiger charge is 2.42. The molecule has 0 radical (unpaired) electrons. The van der Waals surface area contributed by atoms with Crippen molar-refractivity contribution in [1.82, 2.24) is 10.2 Å². The molecule has 24 heavy (non-hydrogen) atoms. The minimum atomic E-state index is -4.69. The van der Waals surface area contributed by atoms with Crippen LogP contribution in [0.15, 0.2) is 12.1 Å². The van der Waals surface area contributed by atoms with E-state index in [0.717, 1.165) is 4.90 Å². The lowest BCUT2D eigenvalue weighted by molar-refractivity contribution is -0.138. The number of alkyl halides is 3. The van der Waals surface area contributed by atoms with Crippen molar-refractivity contribution in [3.8, 4) is 6.07 Å². The number of fused-ring (bicyclic) bond motifs is 1. The molecule has 1 aromatic carbocycles. The Hall–Kier alpha value is -2.89. The third kappa shape index (κ3) is 2.50. The quantitative estimate of drug-likeness (QED) is 0.783. The van der Waals surface area contributed by atoms with Crippen molar-refractivity contribution in [2.24, 2.45) is 0 Å². The molecule has 0 spiro atoms. The summed E-state index contributed by atoms with van der Waals surface area (Å²) in [7, 11) is 0. The molecule has 9 heteroatoms. The fraction of sp³-hybridized carbons (Fsp3) is 0.333. The van der Waals surface area contributed by atoms with Gasteiger partial charge in [0, 0.05) is 24.1 Å². The average Bonchev–Trinajstić information content (AvgIpc) is 2.83. The molecule has 1 atom stereocenters. The first-order valence-electron chi connectivity index (χ1n) is 7.01. The molecule has 1 fully saturated rings. The molecule has 2 heterocycles. The smallest absolute Gasteiger partial charge is 0.322 e. The van der Waals surface area contributed by atoms with Gasteiger partial charge < -0.3 is 4.90 Å². The standard InChI is InChI=1S/C15H10F3N3O3/c16-15(17,18)8-3-7(5-19)10-6-21(14(24)9(10)4-8)11-1-2-12(22)20-13(11)23/h3-4,11H,1-2,6H2,(H,20,22,23). The fourth-order valence-corrected chi connectivity index (χ4v) is 2.92. The van der Waals surface area contributed by atoms with Crippen LogP contribution in [0.3, 0.4) is 0 Å². The largest absolute Gasteiger partial charge is 0.416 e. The molecule has 0 bridgehead atoms. The van der Waals surface area contributed by atoms with E-state index in [0.29, 0.717) is 12.1 Å². The summed E-state index contributed by atoms with van der Waals surface area (Å²) < 4.78 is 38.8. The lowest BCUT2D eigenvalue weighted by Crippen LogP contribution is -2.52. The lowest BCUT2D eigenvalue weighted by atomic mass is 10.00. The Morgan fingerprint density at radius 3 is 2.54 bits per heavy atom. The fourth-order valence-electron chi connectivity index (χ4n) is 2.92. The summed E-state index contributed by atoms with van der Waals surface area (Å²) in [6.45, 7) is -0.137. The van der Waals surface area contributed by atoms with Crippen molar-refractivity contribution in [2.45, 2.75) is 31.6 Å². The Labute approximate surface area is 133 Å². The normalized spacial score (nSPS) is 20.7. The Bertz CT molecular complexity index is 811. The van der Waals surface area contributed by atoms with Gasteiger partial charge in [0.25, 0.3) is 5.91 Å². The van der Waals surface area contributed by atoms with Crippen molar-refractivity contribution < 1.29 is 27.6 Å². The minimum absolute atomic E-state index is 0.0371. The number of piperidine rings is 1. The summed E-state index contributed by atoms with van der Waals surface area (Å²) in [5.74, 6) is -1.87. The van der Waals surface area contributed by atoms with Gasteiger partial charge >= 0.3 is 6.18 Å². The van der Waals surface area contributed by atoms with E-state index < -0.39 is 35.5 Å². The molecule has 2 aliphatic rings. The molecule has 1 unspecified atom stereocenters. The van der Waals surface area contributed by atoms with Gasteiger partial charge in [-0.2, -0.15) is 18.4 Å². The van der Waals surface area contributed by atoms with Crippen molar-refractivity contribution >= 4 is 17.7 Å². The number of nitrogens with zero attached hydrogens (tertiary/aromatic N) is 2. The maximum atomic E-state index is 12.9. The predicted molar refractivity (Wildman–Crippen MR) is 72.2 cm³/mol. The second-order valence-corrected chi connectivity index (χ2v) is 5.56. The van der Waals surface area contributed by atoms with E-state index in [2.05, 4.69) is 5.32 Å². The van der Waals surface area contributed by atoms with E-state index in [1.54, 1.807) is 6.07 Å². The zero-order valence-electron chi connectivity index (χ0n) is 12.1. The highest BCUT2D eigenvalue weighted by atomic mass is 19.4. The molecule has 1 aromatic rings. The van der Waals surface area contributed by atoms with E-state index in [1.165, 1.54) is 0 Å². The van der Waals surface area contributed by atoms with Gasteiger partial charge in [-0.05, 0) is 18.6 Å². The molecule has 2 aliphatic heterocycles. The molecule has 0 saturated carbocycles. The summed E-state index contributed by atoms with van der Waals surface area (Å²) in [6.07, 6.45) is -4.56. The number of carbonyl (C=O) groups excluding carboxylic acids is 3. The number of rotatable bonds is 1. The topological polar surface area (TPSA) is 90.3 Å². The Morgan fingerprint density at radius 2 is 1.96 bits per heavy atom. The van der Waals surface area contributed by atoms with E-state index in [4.69, 9.17) is 5.26 Å². The van der Waals surface area contributed by atoms with Crippen LogP contribution in [0.2, 0.25) is 0 Å². The maximum absolute atomic E-state index is 12.9. The summed E-state index contributed by atoms with van der Waals surface area (Å²) in [5, 5.41) is 11.2. The van der Waals surface area contributed by atoms with E-state index >= 15 is 0 Å². The summed E-state index contributed by atoms with van der Waals surface area (Å²) in [4.78, 5) is 36.6. The molecule has 6 nitrogen and oxygen atoms in total. The van der Waals surface area contributed by atoms with E-state index in [-0.39, 0.29) is 36.1 Å². The van der Waals surface area contributed by atoms with E-state index in [1.807, 2.05) is 0 Å². The van der Waals surface area contributed by atoms with Gasteiger partial charge in [-0.25, -0.2) is 0 Å². The monoisotopic (exact) mass is 337 g/mol. The van der Waals surface area contributed by atoms with Gasteiger partial charge in [0.2, 0.25) is 11.8 Å². The minimum Gasteiger partial charge on any atom is -0.322 e. The van der Waals surface area contributed by atoms with Gasteiger partial charge in [-0.3, -0.25) is 19.7 Å². The van der Waals surface area contributed by atoms with Crippen LogP contribution in [0.5, 0.6) is 0 Å². The highest BCUT2D eigenvalue weighted by Crippen LogP contribution is 2.36. The van der Waals surface area contributed by atoms with Gasteiger partial charge in [-0.1, -0.05) is 0 Å². The zero-order valence-corrected chi connectivity index (χ0v) is 12.1. The van der Waals surface area contributed by atoms with Crippen LogP contribution >= 0.6 is 0 Å². The van der Waals surface area contributed by atoms with Crippen molar-refractivity contribution in [2.75, 3.05) is 0 Å². The van der Waals surface area contributed by atoms with Gasteiger partial charge in [0.05, 0.1) is 17.2 Å². The number of nitriles is 1. The van der Waals surface area contributed by atoms with Crippen molar-refractivity contribution in [3.63, 3.8) is 0 Å². The third-order valence-electron chi connectivity index (χ3n) is 4.10. The first-order valence-corrected chi connectivity index (χ1v) is 7.01. The molecule has 1 N–H and O–H groups in total. The summed E-state index contributed by atoms with van der Waals surface area (Å²) in [6, 6.07) is 2.12. The first-order chi connectivity index (χ1) is 11.2. The molecule has 1 saturated heterocycles. The number of carbonyl (C=O) groups is 3. The molecule has 3 rings (SSSR count). The molecular weight excluding hydrogens is 327 g/mol. The maximum Gasteiger partial charge on any atom is 0.416 e. The number of nitrogens with one attached hydrogen (secondary N) is 1. The number of hydrogen-bond acceptors (Lipinski definition) is 4. The average molecular weight is 337 g/mol.